The Kier molecular flexibility index (Phi) is 3.13. The second kappa shape index (κ2) is 4.57. The molecule has 0 atom stereocenters. The number of nitrogens with zero attached hydrogens (tertiary/aromatic N) is 1. The minimum Gasteiger partial charge on any atom is -0.398 e. The molecule has 1 aliphatic carbocycles. The predicted octanol–water partition coefficient (Wildman–Crippen LogP) is 2.20. The fourth-order valence-corrected chi connectivity index (χ4v) is 1.81. The molecule has 0 heterocycles. The van der Waals surface area contributed by atoms with Crippen LogP contribution in [0.3, 0.4) is 0 Å². The van der Waals surface area contributed by atoms with Gasteiger partial charge in [-0.3, -0.25) is 4.79 Å². The van der Waals surface area contributed by atoms with Gasteiger partial charge >= 0.3 is 0 Å². The lowest BCUT2D eigenvalue weighted by atomic mass is 10.1. The SMILES string of the molecule is C=CCN(C(=O)c1ccc(F)cc1N)C1CC1. The van der Waals surface area contributed by atoms with E-state index in [4.69, 9.17) is 5.73 Å². The molecule has 2 rings (SSSR count). The van der Waals surface area contributed by atoms with Crippen LogP contribution in [0.5, 0.6) is 0 Å². The van der Waals surface area contributed by atoms with Gasteiger partial charge in [-0.25, -0.2) is 4.39 Å². The van der Waals surface area contributed by atoms with E-state index < -0.39 is 5.82 Å². The van der Waals surface area contributed by atoms with Crippen LogP contribution in [0.25, 0.3) is 0 Å². The summed E-state index contributed by atoms with van der Waals surface area (Å²) in [6.07, 6.45) is 3.72. The zero-order valence-electron chi connectivity index (χ0n) is 9.53. The molecule has 0 radical (unpaired) electrons. The van der Waals surface area contributed by atoms with Crippen LogP contribution in [0.2, 0.25) is 0 Å². The first-order chi connectivity index (χ1) is 8.13. The summed E-state index contributed by atoms with van der Waals surface area (Å²) in [6, 6.07) is 4.14. The number of benzene rings is 1. The summed E-state index contributed by atoms with van der Waals surface area (Å²) in [6.45, 7) is 4.14. The summed E-state index contributed by atoms with van der Waals surface area (Å²) in [7, 11) is 0. The molecular formula is C13H15FN2O. The Hall–Kier alpha value is -1.84. The van der Waals surface area contributed by atoms with Gasteiger partial charge in [-0.15, -0.1) is 6.58 Å². The van der Waals surface area contributed by atoms with Crippen LogP contribution in [0.4, 0.5) is 10.1 Å². The highest BCUT2D eigenvalue weighted by atomic mass is 19.1. The van der Waals surface area contributed by atoms with Gasteiger partial charge in [0.1, 0.15) is 5.82 Å². The number of hydrogen-bond acceptors (Lipinski definition) is 2. The molecule has 1 aliphatic rings. The molecule has 0 saturated heterocycles. The molecule has 2 N–H and O–H groups in total. The van der Waals surface area contributed by atoms with Gasteiger partial charge in [0.25, 0.3) is 5.91 Å². The van der Waals surface area contributed by atoms with Crippen molar-refractivity contribution in [3.05, 3.63) is 42.2 Å². The third-order valence-electron chi connectivity index (χ3n) is 2.82. The molecule has 1 amide bonds. The molecule has 1 aromatic rings. The maximum absolute atomic E-state index is 12.9. The highest BCUT2D eigenvalue weighted by Gasteiger charge is 2.32. The van der Waals surface area contributed by atoms with Gasteiger partial charge in [-0.1, -0.05) is 6.08 Å². The van der Waals surface area contributed by atoms with E-state index in [-0.39, 0.29) is 17.6 Å². The molecular weight excluding hydrogens is 219 g/mol. The summed E-state index contributed by atoms with van der Waals surface area (Å²) < 4.78 is 12.9. The average molecular weight is 234 g/mol. The molecule has 17 heavy (non-hydrogen) atoms. The standard InChI is InChI=1S/C13H15FN2O/c1-2-7-16(10-4-5-10)13(17)11-6-3-9(14)8-12(11)15/h2-3,6,8,10H,1,4-5,7,15H2. The topological polar surface area (TPSA) is 46.3 Å². The van der Waals surface area contributed by atoms with Crippen LogP contribution in [0.1, 0.15) is 23.2 Å². The van der Waals surface area contributed by atoms with Gasteiger partial charge < -0.3 is 10.6 Å². The zero-order valence-corrected chi connectivity index (χ0v) is 9.53. The number of amides is 1. The Morgan fingerprint density at radius 2 is 2.29 bits per heavy atom. The maximum Gasteiger partial charge on any atom is 0.256 e. The van der Waals surface area contributed by atoms with Crippen molar-refractivity contribution in [2.75, 3.05) is 12.3 Å². The molecule has 0 spiro atoms. The van der Waals surface area contributed by atoms with E-state index in [1.807, 2.05) is 0 Å². The van der Waals surface area contributed by atoms with Crippen LogP contribution >= 0.6 is 0 Å². The maximum atomic E-state index is 12.9. The average Bonchev–Trinajstić information content (AvgIpc) is 3.09. The summed E-state index contributed by atoms with van der Waals surface area (Å²) in [5, 5.41) is 0. The van der Waals surface area contributed by atoms with Gasteiger partial charge in [0, 0.05) is 18.3 Å². The van der Waals surface area contributed by atoms with Crippen LogP contribution < -0.4 is 5.73 Å². The van der Waals surface area contributed by atoms with Crippen molar-refractivity contribution in [1.82, 2.24) is 4.90 Å². The first-order valence-electron chi connectivity index (χ1n) is 5.60. The number of carbonyl (C=O) groups excluding carboxylic acids is 1. The van der Waals surface area contributed by atoms with Gasteiger partial charge in [-0.05, 0) is 31.0 Å². The van der Waals surface area contributed by atoms with E-state index in [1.54, 1.807) is 11.0 Å². The Labute approximate surface area is 99.7 Å². The van der Waals surface area contributed by atoms with E-state index in [1.165, 1.54) is 18.2 Å². The lowest BCUT2D eigenvalue weighted by Gasteiger charge is -2.21. The number of nitrogen functional groups attached to an aromatic ring is 1. The predicted molar refractivity (Wildman–Crippen MR) is 65.1 cm³/mol. The van der Waals surface area contributed by atoms with Crippen LogP contribution in [0, 0.1) is 5.82 Å². The first-order valence-corrected chi connectivity index (χ1v) is 5.60. The molecule has 1 saturated carbocycles. The van der Waals surface area contributed by atoms with Gasteiger partial charge in [0.05, 0.1) is 5.56 Å². The molecule has 0 aliphatic heterocycles. The van der Waals surface area contributed by atoms with Crippen molar-refractivity contribution in [3.8, 4) is 0 Å². The van der Waals surface area contributed by atoms with Crippen LogP contribution in [0.15, 0.2) is 30.9 Å². The number of carbonyl (C=O) groups is 1. The third kappa shape index (κ3) is 2.46. The monoisotopic (exact) mass is 234 g/mol. The van der Waals surface area contributed by atoms with Crippen molar-refractivity contribution in [3.63, 3.8) is 0 Å². The van der Waals surface area contributed by atoms with E-state index in [2.05, 4.69) is 6.58 Å². The molecule has 1 fully saturated rings. The summed E-state index contributed by atoms with van der Waals surface area (Å²) in [5.41, 5.74) is 6.21. The largest absolute Gasteiger partial charge is 0.398 e. The summed E-state index contributed by atoms with van der Waals surface area (Å²) >= 11 is 0. The third-order valence-corrected chi connectivity index (χ3v) is 2.82. The minimum absolute atomic E-state index is 0.148. The lowest BCUT2D eigenvalue weighted by molar-refractivity contribution is 0.0763. The Morgan fingerprint density at radius 3 is 2.82 bits per heavy atom. The highest BCUT2D eigenvalue weighted by Crippen LogP contribution is 2.29. The first kappa shape index (κ1) is 11.6. The second-order valence-electron chi connectivity index (χ2n) is 4.21. The smallest absolute Gasteiger partial charge is 0.256 e. The number of nitrogens with two attached hydrogens (primary N) is 1. The molecule has 0 bridgehead atoms. The molecule has 1 aromatic carbocycles. The summed E-state index contributed by atoms with van der Waals surface area (Å²) in [5.74, 6) is -0.578. The Balaban J connectivity index is 2.24. The van der Waals surface area contributed by atoms with Crippen molar-refractivity contribution < 1.29 is 9.18 Å². The van der Waals surface area contributed by atoms with Crippen LogP contribution in [-0.4, -0.2) is 23.4 Å². The number of halogens is 1. The van der Waals surface area contributed by atoms with Crippen molar-refractivity contribution in [1.29, 1.82) is 0 Å². The normalized spacial score (nSPS) is 14.4. The van der Waals surface area contributed by atoms with Crippen molar-refractivity contribution in [2.45, 2.75) is 18.9 Å². The fraction of sp³-hybridized carbons (Fsp3) is 0.308. The minimum atomic E-state index is -0.430. The van der Waals surface area contributed by atoms with Gasteiger partial charge in [-0.2, -0.15) is 0 Å². The van der Waals surface area contributed by atoms with Crippen LogP contribution in [-0.2, 0) is 0 Å². The lowest BCUT2D eigenvalue weighted by Crippen LogP contribution is -2.33. The quantitative estimate of drug-likeness (QED) is 0.641. The Bertz CT molecular complexity index is 455. The highest BCUT2D eigenvalue weighted by molar-refractivity contribution is 5.99. The zero-order chi connectivity index (χ0) is 12.4. The van der Waals surface area contributed by atoms with E-state index in [0.29, 0.717) is 12.1 Å². The number of hydrogen-bond donors (Lipinski definition) is 1. The fourth-order valence-electron chi connectivity index (χ4n) is 1.81. The summed E-state index contributed by atoms with van der Waals surface area (Å²) in [4.78, 5) is 14.0. The van der Waals surface area contributed by atoms with Crippen molar-refractivity contribution >= 4 is 11.6 Å². The van der Waals surface area contributed by atoms with Gasteiger partial charge in [0.2, 0.25) is 0 Å². The van der Waals surface area contributed by atoms with Crippen molar-refractivity contribution in [2.24, 2.45) is 0 Å². The van der Waals surface area contributed by atoms with E-state index >= 15 is 0 Å². The Morgan fingerprint density at radius 1 is 1.59 bits per heavy atom. The van der Waals surface area contributed by atoms with E-state index in [9.17, 15) is 9.18 Å². The molecule has 4 heteroatoms. The molecule has 90 valence electrons. The molecule has 0 unspecified atom stereocenters. The molecule has 0 aromatic heterocycles. The second-order valence-corrected chi connectivity index (χ2v) is 4.21. The van der Waals surface area contributed by atoms with Gasteiger partial charge in [0.15, 0.2) is 0 Å². The number of anilines is 1. The van der Waals surface area contributed by atoms with E-state index in [0.717, 1.165) is 12.8 Å². The number of rotatable bonds is 4. The molecule has 3 nitrogen and oxygen atoms in total.